The minimum Gasteiger partial charge on any atom is -0.457 e. The van der Waals surface area contributed by atoms with E-state index in [1.165, 1.54) is 6.07 Å². The van der Waals surface area contributed by atoms with Crippen molar-refractivity contribution in [2.45, 2.75) is 11.1 Å². The molecule has 0 spiro atoms. The molecule has 0 fully saturated rings. The number of thiol groups is 1. The largest absolute Gasteiger partial charge is 0.457 e. The second-order valence-corrected chi connectivity index (χ2v) is 4.40. The molecule has 0 saturated heterocycles. The summed E-state index contributed by atoms with van der Waals surface area (Å²) in [6.07, 6.45) is -4.46. The molecule has 0 atom stereocenters. The summed E-state index contributed by atoms with van der Waals surface area (Å²) in [4.78, 5) is 0.732. The standard InChI is InChI=1S/C13H10F3NOS/c14-13(15,16)8-5-9(17)7-11(6-8)18-10-1-3-12(19)4-2-10/h1-7,19H,17H2. The van der Waals surface area contributed by atoms with E-state index in [1.807, 2.05) is 0 Å². The van der Waals surface area contributed by atoms with Crippen LogP contribution in [0.4, 0.5) is 18.9 Å². The van der Waals surface area contributed by atoms with Crippen molar-refractivity contribution in [1.82, 2.24) is 0 Å². The van der Waals surface area contributed by atoms with Crippen LogP contribution in [0.2, 0.25) is 0 Å². The van der Waals surface area contributed by atoms with E-state index in [1.54, 1.807) is 24.3 Å². The van der Waals surface area contributed by atoms with Crippen LogP contribution in [0.25, 0.3) is 0 Å². The Bertz CT molecular complexity index is 581. The number of ether oxygens (including phenoxy) is 1. The third-order valence-corrected chi connectivity index (χ3v) is 2.63. The van der Waals surface area contributed by atoms with Crippen molar-refractivity contribution in [2.24, 2.45) is 0 Å². The van der Waals surface area contributed by atoms with Crippen molar-refractivity contribution in [3.63, 3.8) is 0 Å². The molecule has 19 heavy (non-hydrogen) atoms. The maximum Gasteiger partial charge on any atom is 0.416 e. The highest BCUT2D eigenvalue weighted by Crippen LogP contribution is 2.34. The van der Waals surface area contributed by atoms with Crippen LogP contribution >= 0.6 is 12.6 Å². The maximum atomic E-state index is 12.6. The molecule has 2 nitrogen and oxygen atoms in total. The van der Waals surface area contributed by atoms with E-state index in [9.17, 15) is 13.2 Å². The maximum absolute atomic E-state index is 12.6. The van der Waals surface area contributed by atoms with Crippen LogP contribution in [0.3, 0.4) is 0 Å². The first kappa shape index (κ1) is 13.6. The minimum atomic E-state index is -4.46. The fraction of sp³-hybridized carbons (Fsp3) is 0.0769. The van der Waals surface area contributed by atoms with Crippen LogP contribution in [0.15, 0.2) is 47.4 Å². The van der Waals surface area contributed by atoms with Crippen LogP contribution in [0.5, 0.6) is 11.5 Å². The van der Waals surface area contributed by atoms with E-state index < -0.39 is 11.7 Å². The lowest BCUT2D eigenvalue weighted by Crippen LogP contribution is -2.06. The molecule has 0 bridgehead atoms. The molecule has 0 aliphatic rings. The number of hydrogen-bond donors (Lipinski definition) is 2. The zero-order valence-corrected chi connectivity index (χ0v) is 10.5. The highest BCUT2D eigenvalue weighted by Gasteiger charge is 2.31. The lowest BCUT2D eigenvalue weighted by molar-refractivity contribution is -0.137. The van der Waals surface area contributed by atoms with Gasteiger partial charge in [-0.3, -0.25) is 0 Å². The number of halogens is 3. The molecule has 0 aliphatic heterocycles. The van der Waals surface area contributed by atoms with E-state index in [4.69, 9.17) is 10.5 Å². The third kappa shape index (κ3) is 3.57. The lowest BCUT2D eigenvalue weighted by atomic mass is 10.2. The molecular weight excluding hydrogens is 275 g/mol. The molecule has 6 heteroatoms. The molecule has 0 unspecified atom stereocenters. The van der Waals surface area contributed by atoms with Gasteiger partial charge in [-0.1, -0.05) is 0 Å². The Morgan fingerprint density at radius 1 is 0.947 bits per heavy atom. The fourth-order valence-electron chi connectivity index (χ4n) is 1.49. The summed E-state index contributed by atoms with van der Waals surface area (Å²) in [6.45, 7) is 0. The SMILES string of the molecule is Nc1cc(Oc2ccc(S)cc2)cc(C(F)(F)F)c1. The lowest BCUT2D eigenvalue weighted by Gasteiger charge is -2.11. The smallest absolute Gasteiger partial charge is 0.416 e. The molecule has 2 rings (SSSR count). The molecule has 0 aromatic heterocycles. The molecule has 0 amide bonds. The first-order valence-electron chi connectivity index (χ1n) is 5.29. The van der Waals surface area contributed by atoms with E-state index in [0.717, 1.165) is 17.0 Å². The molecule has 0 heterocycles. The van der Waals surface area contributed by atoms with Gasteiger partial charge in [0.25, 0.3) is 0 Å². The van der Waals surface area contributed by atoms with Crippen molar-refractivity contribution in [3.8, 4) is 11.5 Å². The van der Waals surface area contributed by atoms with Crippen molar-refractivity contribution >= 4 is 18.3 Å². The Hall–Kier alpha value is -1.82. The second kappa shape index (κ2) is 5.05. The van der Waals surface area contributed by atoms with Gasteiger partial charge >= 0.3 is 6.18 Å². The zero-order chi connectivity index (χ0) is 14.0. The first-order valence-corrected chi connectivity index (χ1v) is 5.74. The van der Waals surface area contributed by atoms with Gasteiger partial charge in [0.05, 0.1) is 5.56 Å². The highest BCUT2D eigenvalue weighted by molar-refractivity contribution is 7.80. The molecule has 0 aliphatic carbocycles. The Morgan fingerprint density at radius 2 is 1.58 bits per heavy atom. The van der Waals surface area contributed by atoms with E-state index in [2.05, 4.69) is 12.6 Å². The number of hydrogen-bond acceptors (Lipinski definition) is 3. The second-order valence-electron chi connectivity index (χ2n) is 3.88. The normalized spacial score (nSPS) is 11.4. The number of alkyl halides is 3. The number of anilines is 1. The van der Waals surface area contributed by atoms with Crippen molar-refractivity contribution in [2.75, 3.05) is 5.73 Å². The predicted molar refractivity (Wildman–Crippen MR) is 69.6 cm³/mol. The number of rotatable bonds is 2. The van der Waals surface area contributed by atoms with E-state index in [-0.39, 0.29) is 11.4 Å². The summed E-state index contributed by atoms with van der Waals surface area (Å²) in [5, 5.41) is 0. The van der Waals surface area contributed by atoms with Gasteiger partial charge in [0.15, 0.2) is 0 Å². The van der Waals surface area contributed by atoms with Crippen molar-refractivity contribution in [3.05, 3.63) is 48.0 Å². The van der Waals surface area contributed by atoms with E-state index >= 15 is 0 Å². The fourth-order valence-corrected chi connectivity index (χ4v) is 1.64. The van der Waals surface area contributed by atoms with Crippen LogP contribution < -0.4 is 10.5 Å². The summed E-state index contributed by atoms with van der Waals surface area (Å²) in [5.74, 6) is 0.454. The average Bonchev–Trinajstić information content (AvgIpc) is 2.30. The predicted octanol–water partition coefficient (Wildman–Crippen LogP) is 4.37. The number of nitrogen functional groups attached to an aromatic ring is 1. The first-order chi connectivity index (χ1) is 8.84. The van der Waals surface area contributed by atoms with Gasteiger partial charge in [-0.2, -0.15) is 13.2 Å². The molecule has 2 aromatic rings. The highest BCUT2D eigenvalue weighted by atomic mass is 32.1. The molecule has 0 saturated carbocycles. The molecule has 2 aromatic carbocycles. The van der Waals surface area contributed by atoms with Gasteiger partial charge in [0, 0.05) is 16.6 Å². The van der Waals surface area contributed by atoms with Crippen molar-refractivity contribution in [1.29, 1.82) is 0 Å². The summed E-state index contributed by atoms with van der Waals surface area (Å²) in [7, 11) is 0. The molecular formula is C13H10F3NOS. The molecule has 2 N–H and O–H groups in total. The molecule has 0 radical (unpaired) electrons. The minimum absolute atomic E-state index is 0.00404. The van der Waals surface area contributed by atoms with Gasteiger partial charge < -0.3 is 10.5 Å². The summed E-state index contributed by atoms with van der Waals surface area (Å²) in [6, 6.07) is 9.68. The summed E-state index contributed by atoms with van der Waals surface area (Å²) >= 11 is 4.10. The Morgan fingerprint density at radius 3 is 2.16 bits per heavy atom. The van der Waals surface area contributed by atoms with E-state index in [0.29, 0.717) is 5.75 Å². The number of benzene rings is 2. The monoisotopic (exact) mass is 285 g/mol. The van der Waals surface area contributed by atoms with Gasteiger partial charge in [-0.05, 0) is 36.4 Å². The zero-order valence-electron chi connectivity index (χ0n) is 9.61. The van der Waals surface area contributed by atoms with Gasteiger partial charge in [0.1, 0.15) is 11.5 Å². The molecule has 100 valence electrons. The van der Waals surface area contributed by atoms with Crippen LogP contribution in [-0.2, 0) is 6.18 Å². The summed E-state index contributed by atoms with van der Waals surface area (Å²) in [5.41, 5.74) is 4.60. The Balaban J connectivity index is 2.30. The van der Waals surface area contributed by atoms with Crippen LogP contribution in [0, 0.1) is 0 Å². The van der Waals surface area contributed by atoms with Crippen LogP contribution in [0.1, 0.15) is 5.56 Å². The Kier molecular flexibility index (Phi) is 3.61. The summed E-state index contributed by atoms with van der Waals surface area (Å²) < 4.78 is 43.2. The van der Waals surface area contributed by atoms with Crippen molar-refractivity contribution < 1.29 is 17.9 Å². The van der Waals surface area contributed by atoms with Gasteiger partial charge in [0.2, 0.25) is 0 Å². The van der Waals surface area contributed by atoms with Crippen LogP contribution in [-0.4, -0.2) is 0 Å². The Labute approximate surface area is 113 Å². The topological polar surface area (TPSA) is 35.2 Å². The number of nitrogens with two attached hydrogens (primary N) is 1. The quantitative estimate of drug-likeness (QED) is 0.635. The van der Waals surface area contributed by atoms with Gasteiger partial charge in [-0.25, -0.2) is 0 Å². The third-order valence-electron chi connectivity index (χ3n) is 2.33. The van der Waals surface area contributed by atoms with Gasteiger partial charge in [-0.15, -0.1) is 12.6 Å². The average molecular weight is 285 g/mol.